The SMILES string of the molecule is CCS(=O)(=O)NC1CCC(CNc2nc3c(s2)CCOc2ccc(OC)cc2-3)CC1. The zero-order valence-electron chi connectivity index (χ0n) is 17.4. The summed E-state index contributed by atoms with van der Waals surface area (Å²) in [5, 5.41) is 4.46. The molecule has 1 fully saturated rings. The van der Waals surface area contributed by atoms with E-state index < -0.39 is 10.0 Å². The maximum Gasteiger partial charge on any atom is 0.211 e. The van der Waals surface area contributed by atoms with Crippen molar-refractivity contribution >= 4 is 26.5 Å². The molecule has 0 spiro atoms. The third kappa shape index (κ3) is 4.90. The van der Waals surface area contributed by atoms with Gasteiger partial charge in [0.2, 0.25) is 10.0 Å². The summed E-state index contributed by atoms with van der Waals surface area (Å²) in [6, 6.07) is 5.92. The molecule has 0 unspecified atom stereocenters. The van der Waals surface area contributed by atoms with Crippen LogP contribution in [0.1, 0.15) is 37.5 Å². The summed E-state index contributed by atoms with van der Waals surface area (Å²) in [5.74, 6) is 2.32. The van der Waals surface area contributed by atoms with Gasteiger partial charge in [-0.3, -0.25) is 0 Å². The second-order valence-corrected chi connectivity index (χ2v) is 11.0. The summed E-state index contributed by atoms with van der Waals surface area (Å²) in [6.45, 7) is 3.18. The van der Waals surface area contributed by atoms with Gasteiger partial charge in [0.1, 0.15) is 11.5 Å². The Bertz CT molecular complexity index is 982. The number of thiazole rings is 1. The number of anilines is 1. The van der Waals surface area contributed by atoms with E-state index in [4.69, 9.17) is 14.5 Å². The molecule has 30 heavy (non-hydrogen) atoms. The van der Waals surface area contributed by atoms with Crippen LogP contribution < -0.4 is 19.5 Å². The lowest BCUT2D eigenvalue weighted by molar-refractivity contribution is 0.324. The van der Waals surface area contributed by atoms with E-state index in [1.165, 1.54) is 4.88 Å². The molecule has 0 saturated heterocycles. The fraction of sp³-hybridized carbons (Fsp3) is 0.571. The van der Waals surface area contributed by atoms with Crippen molar-refractivity contribution in [2.45, 2.75) is 45.1 Å². The van der Waals surface area contributed by atoms with Crippen LogP contribution in [0.25, 0.3) is 11.3 Å². The van der Waals surface area contributed by atoms with Crippen LogP contribution >= 0.6 is 11.3 Å². The lowest BCUT2D eigenvalue weighted by Gasteiger charge is -2.28. The molecule has 0 amide bonds. The maximum atomic E-state index is 11.8. The highest BCUT2D eigenvalue weighted by molar-refractivity contribution is 7.89. The van der Waals surface area contributed by atoms with Gasteiger partial charge in [0, 0.05) is 29.4 Å². The molecule has 2 aromatic rings. The predicted octanol–water partition coefficient (Wildman–Crippen LogP) is 3.66. The molecule has 9 heteroatoms. The number of methoxy groups -OCH3 is 1. The van der Waals surface area contributed by atoms with Crippen LogP contribution in [0.15, 0.2) is 18.2 Å². The Morgan fingerprint density at radius 3 is 2.80 bits per heavy atom. The van der Waals surface area contributed by atoms with Crippen molar-refractivity contribution in [3.05, 3.63) is 23.1 Å². The first-order chi connectivity index (χ1) is 14.5. The first-order valence-corrected chi connectivity index (χ1v) is 13.0. The highest BCUT2D eigenvalue weighted by Gasteiger charge is 2.25. The van der Waals surface area contributed by atoms with Gasteiger partial charge >= 0.3 is 0 Å². The van der Waals surface area contributed by atoms with E-state index in [2.05, 4.69) is 10.0 Å². The minimum Gasteiger partial charge on any atom is -0.497 e. The van der Waals surface area contributed by atoms with Crippen molar-refractivity contribution in [1.29, 1.82) is 0 Å². The molecule has 1 saturated carbocycles. The minimum absolute atomic E-state index is 0.0774. The van der Waals surface area contributed by atoms with Gasteiger partial charge in [0.15, 0.2) is 5.13 Å². The average molecular weight is 452 g/mol. The van der Waals surface area contributed by atoms with Crippen molar-refractivity contribution in [2.75, 3.05) is 31.3 Å². The normalized spacial score (nSPS) is 21.1. The second kappa shape index (κ2) is 9.11. The molecular weight excluding hydrogens is 422 g/mol. The first kappa shape index (κ1) is 21.4. The van der Waals surface area contributed by atoms with Crippen molar-refractivity contribution in [3.8, 4) is 22.8 Å². The van der Waals surface area contributed by atoms with Gasteiger partial charge < -0.3 is 14.8 Å². The Kier molecular flexibility index (Phi) is 6.50. The molecule has 2 heterocycles. The Hall–Kier alpha value is -1.84. The molecule has 0 radical (unpaired) electrons. The number of hydrogen-bond donors (Lipinski definition) is 2. The molecule has 2 N–H and O–H groups in total. The van der Waals surface area contributed by atoms with E-state index in [0.29, 0.717) is 12.5 Å². The van der Waals surface area contributed by atoms with E-state index in [9.17, 15) is 8.42 Å². The third-order valence-electron chi connectivity index (χ3n) is 5.84. The molecule has 4 rings (SSSR count). The lowest BCUT2D eigenvalue weighted by Crippen LogP contribution is -2.39. The molecule has 2 aliphatic rings. The Morgan fingerprint density at radius 2 is 2.07 bits per heavy atom. The number of ether oxygens (including phenoxy) is 2. The largest absolute Gasteiger partial charge is 0.497 e. The maximum absolute atomic E-state index is 11.8. The minimum atomic E-state index is -3.12. The van der Waals surface area contributed by atoms with Gasteiger partial charge in [0.25, 0.3) is 0 Å². The number of hydrogen-bond acceptors (Lipinski definition) is 7. The van der Waals surface area contributed by atoms with Crippen molar-refractivity contribution in [1.82, 2.24) is 9.71 Å². The number of aromatic nitrogens is 1. The van der Waals surface area contributed by atoms with Crippen LogP contribution in [-0.4, -0.2) is 45.5 Å². The Morgan fingerprint density at radius 1 is 1.27 bits per heavy atom. The molecule has 1 aromatic heterocycles. The van der Waals surface area contributed by atoms with Crippen LogP contribution in [0.5, 0.6) is 11.5 Å². The number of fused-ring (bicyclic) bond motifs is 3. The van der Waals surface area contributed by atoms with Gasteiger partial charge in [0.05, 0.1) is 25.2 Å². The molecule has 1 aliphatic heterocycles. The highest BCUT2D eigenvalue weighted by Crippen LogP contribution is 2.41. The molecule has 7 nitrogen and oxygen atoms in total. The molecule has 164 valence electrons. The predicted molar refractivity (Wildman–Crippen MR) is 120 cm³/mol. The van der Waals surface area contributed by atoms with Crippen molar-refractivity contribution in [2.24, 2.45) is 5.92 Å². The standard InChI is InChI=1S/C21H29N3O4S2/c1-3-30(25,26)24-15-6-4-14(5-7-15)13-22-21-23-20-17-12-16(27-2)8-9-18(17)28-11-10-19(20)29-21/h8-9,12,14-15,24H,3-7,10-11,13H2,1-2H3,(H,22,23). The van der Waals surface area contributed by atoms with Gasteiger partial charge in [-0.05, 0) is 56.7 Å². The Labute approximate surface area is 182 Å². The number of sulfonamides is 1. The van der Waals surface area contributed by atoms with Crippen LogP contribution in [0.2, 0.25) is 0 Å². The third-order valence-corrected chi connectivity index (χ3v) is 8.37. The van der Waals surface area contributed by atoms with Gasteiger partial charge in [-0.25, -0.2) is 18.1 Å². The van der Waals surface area contributed by atoms with Gasteiger partial charge in [-0.15, -0.1) is 11.3 Å². The van der Waals surface area contributed by atoms with E-state index >= 15 is 0 Å². The fourth-order valence-electron chi connectivity index (χ4n) is 4.06. The summed E-state index contributed by atoms with van der Waals surface area (Å²) >= 11 is 1.69. The molecule has 0 atom stereocenters. The number of nitrogens with zero attached hydrogens (tertiary/aromatic N) is 1. The van der Waals surface area contributed by atoms with Crippen molar-refractivity contribution in [3.63, 3.8) is 0 Å². The van der Waals surface area contributed by atoms with Crippen LogP contribution in [-0.2, 0) is 16.4 Å². The molecule has 1 aromatic carbocycles. The van der Waals surface area contributed by atoms with E-state index in [0.717, 1.165) is 66.5 Å². The van der Waals surface area contributed by atoms with Gasteiger partial charge in [-0.2, -0.15) is 0 Å². The molecular formula is C21H29N3O4S2. The summed E-state index contributed by atoms with van der Waals surface area (Å²) in [4.78, 5) is 6.09. The molecule has 1 aliphatic carbocycles. The van der Waals surface area contributed by atoms with Crippen LogP contribution in [0.3, 0.4) is 0 Å². The summed E-state index contributed by atoms with van der Waals surface area (Å²) < 4.78 is 37.6. The summed E-state index contributed by atoms with van der Waals surface area (Å²) in [5.41, 5.74) is 1.96. The van der Waals surface area contributed by atoms with Crippen molar-refractivity contribution < 1.29 is 17.9 Å². The van der Waals surface area contributed by atoms with E-state index in [1.54, 1.807) is 25.4 Å². The zero-order valence-corrected chi connectivity index (χ0v) is 19.1. The Balaban J connectivity index is 1.38. The zero-order chi connectivity index (χ0) is 21.1. The van der Waals surface area contributed by atoms with Crippen LogP contribution in [0.4, 0.5) is 5.13 Å². The number of rotatable bonds is 7. The quantitative estimate of drug-likeness (QED) is 0.668. The summed E-state index contributed by atoms with van der Waals surface area (Å²) in [7, 11) is -1.46. The smallest absolute Gasteiger partial charge is 0.211 e. The monoisotopic (exact) mass is 451 g/mol. The summed E-state index contributed by atoms with van der Waals surface area (Å²) in [6.07, 6.45) is 4.66. The topological polar surface area (TPSA) is 89.6 Å². The fourth-order valence-corrected chi connectivity index (χ4v) is 5.93. The number of nitrogens with one attached hydrogen (secondary N) is 2. The molecule has 0 bridgehead atoms. The van der Waals surface area contributed by atoms with Gasteiger partial charge in [-0.1, -0.05) is 0 Å². The average Bonchev–Trinajstić information content (AvgIpc) is 3.08. The number of benzene rings is 1. The first-order valence-electron chi connectivity index (χ1n) is 10.5. The van der Waals surface area contributed by atoms with E-state index in [1.807, 2.05) is 18.2 Å². The van der Waals surface area contributed by atoms with E-state index in [-0.39, 0.29) is 11.8 Å². The lowest BCUT2D eigenvalue weighted by atomic mass is 9.86. The second-order valence-electron chi connectivity index (χ2n) is 7.87. The van der Waals surface area contributed by atoms with Crippen LogP contribution in [0, 0.1) is 5.92 Å². The highest BCUT2D eigenvalue weighted by atomic mass is 32.2.